The van der Waals surface area contributed by atoms with E-state index in [1.807, 2.05) is 6.92 Å². The molecular weight excluding hydrogens is 360 g/mol. The molecule has 0 bridgehead atoms. The molecule has 0 spiro atoms. The van der Waals surface area contributed by atoms with E-state index >= 15 is 0 Å². The van der Waals surface area contributed by atoms with Gasteiger partial charge in [-0.2, -0.15) is 0 Å². The molecule has 2 N–H and O–H groups in total. The van der Waals surface area contributed by atoms with Crippen LogP contribution in [0.3, 0.4) is 0 Å². The number of rotatable bonds is 5. The van der Waals surface area contributed by atoms with Crippen LogP contribution in [0, 0.1) is 13.8 Å². The van der Waals surface area contributed by atoms with E-state index in [0.29, 0.717) is 21.8 Å². The van der Waals surface area contributed by atoms with E-state index in [9.17, 15) is 13.2 Å². The van der Waals surface area contributed by atoms with Crippen LogP contribution in [0.1, 0.15) is 34.3 Å². The molecule has 0 aromatic heterocycles. The molecule has 132 valence electrons. The SMILES string of the molecule is Cc1ccc(S(=O)(=O)NC2CC2)cc1C(=O)Nc1cccc(Cl)c1C. The Morgan fingerprint density at radius 2 is 1.88 bits per heavy atom. The maximum atomic E-state index is 12.6. The van der Waals surface area contributed by atoms with Crippen molar-refractivity contribution in [2.24, 2.45) is 0 Å². The summed E-state index contributed by atoms with van der Waals surface area (Å²) in [6.07, 6.45) is 1.71. The standard InChI is InChI=1S/C18H19ClN2O3S/c1-11-6-9-14(25(23,24)21-13-7-8-13)10-15(11)18(22)20-17-5-3-4-16(19)12(17)2/h3-6,9-10,13,21H,7-8H2,1-2H3,(H,20,22). The Balaban J connectivity index is 1.89. The van der Waals surface area contributed by atoms with Crippen molar-refractivity contribution in [1.29, 1.82) is 0 Å². The van der Waals surface area contributed by atoms with Gasteiger partial charge < -0.3 is 5.32 Å². The van der Waals surface area contributed by atoms with Crippen LogP contribution < -0.4 is 10.0 Å². The van der Waals surface area contributed by atoms with Gasteiger partial charge in [0.05, 0.1) is 4.90 Å². The summed E-state index contributed by atoms with van der Waals surface area (Å²) in [6, 6.07) is 9.83. The average Bonchev–Trinajstić information content (AvgIpc) is 3.35. The molecule has 0 atom stereocenters. The molecule has 0 unspecified atom stereocenters. The molecule has 25 heavy (non-hydrogen) atoms. The maximum absolute atomic E-state index is 12.6. The van der Waals surface area contributed by atoms with Crippen molar-refractivity contribution in [3.05, 3.63) is 58.1 Å². The minimum Gasteiger partial charge on any atom is -0.322 e. The monoisotopic (exact) mass is 378 g/mol. The van der Waals surface area contributed by atoms with Gasteiger partial charge in [0.2, 0.25) is 10.0 Å². The molecule has 1 fully saturated rings. The number of amides is 1. The third-order valence-corrected chi connectivity index (χ3v) is 6.11. The Hall–Kier alpha value is -1.89. The number of nitrogens with one attached hydrogen (secondary N) is 2. The molecule has 1 aliphatic rings. The highest BCUT2D eigenvalue weighted by molar-refractivity contribution is 7.89. The topological polar surface area (TPSA) is 75.3 Å². The van der Waals surface area contributed by atoms with Crippen LogP contribution in [0.4, 0.5) is 5.69 Å². The molecule has 2 aromatic rings. The largest absolute Gasteiger partial charge is 0.322 e. The van der Waals surface area contributed by atoms with Gasteiger partial charge in [0.25, 0.3) is 5.91 Å². The number of anilines is 1. The van der Waals surface area contributed by atoms with Crippen LogP contribution in [0.25, 0.3) is 0 Å². The fourth-order valence-corrected chi connectivity index (χ4v) is 3.94. The van der Waals surface area contributed by atoms with Crippen LogP contribution >= 0.6 is 11.6 Å². The highest BCUT2D eigenvalue weighted by Crippen LogP contribution is 2.25. The first-order valence-electron chi connectivity index (χ1n) is 7.97. The van der Waals surface area contributed by atoms with Crippen molar-refractivity contribution in [1.82, 2.24) is 4.72 Å². The van der Waals surface area contributed by atoms with E-state index < -0.39 is 10.0 Å². The van der Waals surface area contributed by atoms with Gasteiger partial charge in [-0.25, -0.2) is 13.1 Å². The number of aryl methyl sites for hydroxylation is 1. The number of sulfonamides is 1. The Labute approximate surface area is 152 Å². The average molecular weight is 379 g/mol. The second kappa shape index (κ2) is 6.78. The molecule has 0 heterocycles. The van der Waals surface area contributed by atoms with E-state index in [-0.39, 0.29) is 16.8 Å². The van der Waals surface area contributed by atoms with Crippen molar-refractivity contribution in [3.8, 4) is 0 Å². The van der Waals surface area contributed by atoms with E-state index in [1.165, 1.54) is 12.1 Å². The third-order valence-electron chi connectivity index (χ3n) is 4.18. The van der Waals surface area contributed by atoms with E-state index in [2.05, 4.69) is 10.0 Å². The molecule has 0 aliphatic heterocycles. The number of carbonyl (C=O) groups excluding carboxylic acids is 1. The smallest absolute Gasteiger partial charge is 0.255 e. The molecule has 1 saturated carbocycles. The second-order valence-corrected chi connectivity index (χ2v) is 8.36. The van der Waals surface area contributed by atoms with E-state index in [4.69, 9.17) is 11.6 Å². The lowest BCUT2D eigenvalue weighted by Gasteiger charge is -2.12. The summed E-state index contributed by atoms with van der Waals surface area (Å²) in [5.74, 6) is -0.369. The first-order chi connectivity index (χ1) is 11.8. The number of hydrogen-bond acceptors (Lipinski definition) is 3. The summed E-state index contributed by atoms with van der Waals surface area (Å²) in [6.45, 7) is 3.58. The van der Waals surface area contributed by atoms with E-state index in [1.54, 1.807) is 31.2 Å². The Morgan fingerprint density at radius 1 is 1.16 bits per heavy atom. The Kier molecular flexibility index (Phi) is 4.86. The maximum Gasteiger partial charge on any atom is 0.255 e. The first-order valence-corrected chi connectivity index (χ1v) is 9.83. The summed E-state index contributed by atoms with van der Waals surface area (Å²) in [5, 5.41) is 3.36. The van der Waals surface area contributed by atoms with Gasteiger partial charge in [0.1, 0.15) is 0 Å². The molecule has 0 saturated heterocycles. The summed E-state index contributed by atoms with van der Waals surface area (Å²) in [4.78, 5) is 12.7. The van der Waals surface area contributed by atoms with Crippen LogP contribution in [-0.4, -0.2) is 20.4 Å². The van der Waals surface area contributed by atoms with Crippen molar-refractivity contribution in [2.45, 2.75) is 37.6 Å². The van der Waals surface area contributed by atoms with Crippen molar-refractivity contribution in [3.63, 3.8) is 0 Å². The molecular formula is C18H19ClN2O3S. The molecule has 2 aromatic carbocycles. The number of carbonyl (C=O) groups is 1. The first kappa shape index (κ1) is 17.9. The highest BCUT2D eigenvalue weighted by Gasteiger charge is 2.28. The minimum atomic E-state index is -3.61. The highest BCUT2D eigenvalue weighted by atomic mass is 35.5. The van der Waals surface area contributed by atoms with Crippen molar-refractivity contribution in [2.75, 3.05) is 5.32 Å². The normalized spacial score (nSPS) is 14.4. The summed E-state index contributed by atoms with van der Waals surface area (Å²) in [5.41, 5.74) is 2.37. The van der Waals surface area contributed by atoms with Crippen LogP contribution in [-0.2, 0) is 10.0 Å². The lowest BCUT2D eigenvalue weighted by atomic mass is 10.1. The summed E-state index contributed by atoms with van der Waals surface area (Å²) in [7, 11) is -3.61. The van der Waals surface area contributed by atoms with Gasteiger partial charge in [0.15, 0.2) is 0 Å². The minimum absolute atomic E-state index is 0.0117. The van der Waals surface area contributed by atoms with Gasteiger partial charge >= 0.3 is 0 Å². The van der Waals surface area contributed by atoms with Gasteiger partial charge in [0, 0.05) is 22.3 Å². The molecule has 5 nitrogen and oxygen atoms in total. The van der Waals surface area contributed by atoms with Gasteiger partial charge in [-0.1, -0.05) is 23.7 Å². The van der Waals surface area contributed by atoms with Crippen LogP contribution in [0.15, 0.2) is 41.3 Å². The predicted octanol–water partition coefficient (Wildman–Crippen LogP) is 3.65. The summed E-state index contributed by atoms with van der Waals surface area (Å²) >= 11 is 6.08. The Morgan fingerprint density at radius 3 is 2.56 bits per heavy atom. The lowest BCUT2D eigenvalue weighted by Crippen LogP contribution is -2.26. The van der Waals surface area contributed by atoms with Gasteiger partial charge in [-0.05, 0) is 62.1 Å². The lowest BCUT2D eigenvalue weighted by molar-refractivity contribution is 0.102. The van der Waals surface area contributed by atoms with E-state index in [0.717, 1.165) is 18.4 Å². The molecule has 7 heteroatoms. The quantitative estimate of drug-likeness (QED) is 0.833. The Bertz CT molecular complexity index is 937. The number of hydrogen-bond donors (Lipinski definition) is 2. The summed E-state index contributed by atoms with van der Waals surface area (Å²) < 4.78 is 27.4. The van der Waals surface area contributed by atoms with Gasteiger partial charge in [-0.3, -0.25) is 4.79 Å². The zero-order chi connectivity index (χ0) is 18.2. The molecule has 0 radical (unpaired) electrons. The number of halogens is 1. The molecule has 3 rings (SSSR count). The zero-order valence-electron chi connectivity index (χ0n) is 14.0. The van der Waals surface area contributed by atoms with Crippen LogP contribution in [0.2, 0.25) is 5.02 Å². The second-order valence-electron chi connectivity index (χ2n) is 6.24. The third kappa shape index (κ3) is 4.03. The fraction of sp³-hybridized carbons (Fsp3) is 0.278. The fourth-order valence-electron chi connectivity index (χ4n) is 2.43. The van der Waals surface area contributed by atoms with Crippen molar-refractivity contribution >= 4 is 33.2 Å². The predicted molar refractivity (Wildman–Crippen MR) is 98.7 cm³/mol. The molecule has 1 aliphatic carbocycles. The van der Waals surface area contributed by atoms with Gasteiger partial charge in [-0.15, -0.1) is 0 Å². The zero-order valence-corrected chi connectivity index (χ0v) is 15.5. The molecule has 1 amide bonds. The number of benzene rings is 2. The van der Waals surface area contributed by atoms with Crippen molar-refractivity contribution < 1.29 is 13.2 Å². The van der Waals surface area contributed by atoms with Crippen LogP contribution in [0.5, 0.6) is 0 Å².